The molecule has 10 heteroatoms. The van der Waals surface area contributed by atoms with Gasteiger partial charge in [0.05, 0.1) is 33.7 Å². The van der Waals surface area contributed by atoms with E-state index in [0.717, 1.165) is 51.4 Å². The number of amides is 2. The fourth-order valence-corrected chi connectivity index (χ4v) is 7.40. The van der Waals surface area contributed by atoms with Crippen LogP contribution in [0.25, 0.3) is 5.57 Å². The SMILES string of the molecule is CCC(C)(C)C(=O)Nc1cc(N(CCC(=O)C2CCCC2)CCC(=O)C2CCCC2)ccc1C1=C(O)C(=C2C(=O)N(C(C)(C)C)N=C2C)C1=O. The molecule has 2 fully saturated rings. The maximum atomic E-state index is 13.8. The minimum atomic E-state index is -0.720. The van der Waals surface area contributed by atoms with E-state index in [0.29, 0.717) is 55.0 Å². The molecule has 3 aliphatic carbocycles. The zero-order valence-electron chi connectivity index (χ0n) is 30.9. The van der Waals surface area contributed by atoms with Gasteiger partial charge in [0.2, 0.25) is 11.7 Å². The number of benzene rings is 1. The second-order valence-corrected chi connectivity index (χ2v) is 16.1. The third-order valence-electron chi connectivity index (χ3n) is 11.1. The molecule has 270 valence electrons. The molecule has 0 unspecified atom stereocenters. The first kappa shape index (κ1) is 37.2. The van der Waals surface area contributed by atoms with Gasteiger partial charge < -0.3 is 15.3 Å². The summed E-state index contributed by atoms with van der Waals surface area (Å²) in [5.41, 5.74) is 0.388. The molecule has 2 N–H and O–H groups in total. The summed E-state index contributed by atoms with van der Waals surface area (Å²) >= 11 is 0. The van der Waals surface area contributed by atoms with Crippen LogP contribution in [-0.4, -0.2) is 63.6 Å². The minimum absolute atomic E-state index is 0.0119. The number of anilines is 2. The topological polar surface area (TPSA) is 136 Å². The number of aliphatic hydroxyl groups is 1. The number of Topliss-reactive ketones (excluding diaryl/α,β-unsaturated/α-hetero) is 3. The summed E-state index contributed by atoms with van der Waals surface area (Å²) in [7, 11) is 0. The van der Waals surface area contributed by atoms with Crippen LogP contribution in [0.4, 0.5) is 11.4 Å². The van der Waals surface area contributed by atoms with Crippen molar-refractivity contribution in [2.24, 2.45) is 22.4 Å². The predicted molar refractivity (Wildman–Crippen MR) is 196 cm³/mol. The Morgan fingerprint density at radius 2 is 1.42 bits per heavy atom. The van der Waals surface area contributed by atoms with Crippen LogP contribution in [0.15, 0.2) is 40.2 Å². The molecule has 4 aliphatic rings. The van der Waals surface area contributed by atoms with Crippen molar-refractivity contribution >= 4 is 51.8 Å². The van der Waals surface area contributed by atoms with Crippen molar-refractivity contribution in [1.29, 1.82) is 0 Å². The first-order valence-electron chi connectivity index (χ1n) is 18.4. The van der Waals surface area contributed by atoms with Crippen LogP contribution >= 0.6 is 0 Å². The van der Waals surface area contributed by atoms with Crippen molar-refractivity contribution in [2.45, 2.75) is 125 Å². The number of carbonyl (C=O) groups is 5. The van der Waals surface area contributed by atoms with E-state index in [4.69, 9.17) is 0 Å². The van der Waals surface area contributed by atoms with Gasteiger partial charge in [0.15, 0.2) is 0 Å². The minimum Gasteiger partial charge on any atom is -0.506 e. The van der Waals surface area contributed by atoms with Crippen molar-refractivity contribution < 1.29 is 29.1 Å². The smallest absolute Gasteiger partial charge is 0.277 e. The summed E-state index contributed by atoms with van der Waals surface area (Å²) in [6.45, 7) is 13.6. The number of hydrogen-bond acceptors (Lipinski definition) is 8. The van der Waals surface area contributed by atoms with Gasteiger partial charge in [-0.15, -0.1) is 0 Å². The first-order valence-corrected chi connectivity index (χ1v) is 18.4. The Labute approximate surface area is 296 Å². The zero-order valence-corrected chi connectivity index (χ0v) is 30.9. The molecule has 1 aromatic carbocycles. The summed E-state index contributed by atoms with van der Waals surface area (Å²) in [5, 5.41) is 20.1. The van der Waals surface area contributed by atoms with Gasteiger partial charge in [0, 0.05) is 54.4 Å². The summed E-state index contributed by atoms with van der Waals surface area (Å²) in [6, 6.07) is 5.27. The molecule has 10 nitrogen and oxygen atoms in total. The Balaban J connectivity index is 1.51. The van der Waals surface area contributed by atoms with Crippen molar-refractivity contribution in [3.05, 3.63) is 40.7 Å². The predicted octanol–water partition coefficient (Wildman–Crippen LogP) is 7.33. The van der Waals surface area contributed by atoms with Crippen LogP contribution < -0.4 is 10.2 Å². The number of hydrogen-bond donors (Lipinski definition) is 2. The summed E-state index contributed by atoms with van der Waals surface area (Å²) < 4.78 is 0. The molecule has 0 atom stereocenters. The quantitative estimate of drug-likeness (QED) is 0.207. The molecule has 2 amide bonds. The average Bonchev–Trinajstić information content (AvgIpc) is 3.86. The van der Waals surface area contributed by atoms with E-state index in [1.54, 1.807) is 19.1 Å². The first-order chi connectivity index (χ1) is 23.5. The van der Waals surface area contributed by atoms with Gasteiger partial charge >= 0.3 is 0 Å². The number of nitrogens with one attached hydrogen (secondary N) is 1. The van der Waals surface area contributed by atoms with Crippen molar-refractivity contribution in [3.8, 4) is 0 Å². The van der Waals surface area contributed by atoms with Gasteiger partial charge in [-0.25, -0.2) is 5.01 Å². The Morgan fingerprint density at radius 3 is 1.88 bits per heavy atom. The molecule has 2 saturated carbocycles. The number of allylic oxidation sites excluding steroid dienone is 2. The lowest BCUT2D eigenvalue weighted by Crippen LogP contribution is -2.40. The number of nitrogens with zero attached hydrogens (tertiary/aromatic N) is 3. The highest BCUT2D eigenvalue weighted by molar-refractivity contribution is 6.44. The highest BCUT2D eigenvalue weighted by Gasteiger charge is 2.45. The van der Waals surface area contributed by atoms with Crippen LogP contribution in [0.2, 0.25) is 0 Å². The summed E-state index contributed by atoms with van der Waals surface area (Å²) in [4.78, 5) is 69.1. The monoisotopic (exact) mass is 686 g/mol. The summed E-state index contributed by atoms with van der Waals surface area (Å²) in [5.74, 6) is -0.868. The van der Waals surface area contributed by atoms with Gasteiger partial charge in [-0.2, -0.15) is 5.10 Å². The lowest BCUT2D eigenvalue weighted by Gasteiger charge is -2.30. The Hall–Kier alpha value is -4.08. The van der Waals surface area contributed by atoms with E-state index in [2.05, 4.69) is 10.4 Å². The molecule has 5 rings (SSSR count). The van der Waals surface area contributed by atoms with Gasteiger partial charge in [0.1, 0.15) is 17.3 Å². The van der Waals surface area contributed by atoms with Gasteiger partial charge in [-0.1, -0.05) is 46.5 Å². The van der Waals surface area contributed by atoms with E-state index < -0.39 is 22.6 Å². The Bertz CT molecular complexity index is 1630. The molecule has 0 aromatic heterocycles. The van der Waals surface area contributed by atoms with E-state index in [1.807, 2.05) is 52.5 Å². The lowest BCUT2D eigenvalue weighted by molar-refractivity contribution is -0.130. The Morgan fingerprint density at radius 1 is 0.880 bits per heavy atom. The van der Waals surface area contributed by atoms with Crippen LogP contribution in [0.1, 0.15) is 125 Å². The Kier molecular flexibility index (Phi) is 10.9. The highest BCUT2D eigenvalue weighted by Crippen LogP contribution is 2.44. The molecule has 1 aromatic rings. The number of aliphatic hydroxyl groups excluding tert-OH is 1. The molecular weight excluding hydrogens is 632 g/mol. The molecule has 1 aliphatic heterocycles. The third-order valence-corrected chi connectivity index (χ3v) is 11.1. The molecule has 50 heavy (non-hydrogen) atoms. The van der Waals surface area contributed by atoms with E-state index in [1.165, 1.54) is 5.01 Å². The number of rotatable bonds is 13. The normalized spacial score (nSPS) is 20.5. The van der Waals surface area contributed by atoms with Crippen molar-refractivity contribution in [2.75, 3.05) is 23.3 Å². The van der Waals surface area contributed by atoms with Gasteiger partial charge in [0.25, 0.3) is 5.91 Å². The van der Waals surface area contributed by atoms with E-state index >= 15 is 0 Å². The van der Waals surface area contributed by atoms with Crippen LogP contribution in [-0.2, 0) is 24.0 Å². The van der Waals surface area contributed by atoms with Crippen LogP contribution in [0, 0.1) is 17.3 Å². The molecule has 1 heterocycles. The van der Waals surface area contributed by atoms with Gasteiger partial charge in [-0.3, -0.25) is 24.0 Å². The zero-order chi connectivity index (χ0) is 36.5. The van der Waals surface area contributed by atoms with Crippen LogP contribution in [0.5, 0.6) is 0 Å². The van der Waals surface area contributed by atoms with E-state index in [9.17, 15) is 29.1 Å². The second kappa shape index (κ2) is 14.6. The largest absolute Gasteiger partial charge is 0.506 e. The highest BCUT2D eigenvalue weighted by atomic mass is 16.3. The standard InChI is InChI=1S/C40H54N4O6/c1-8-40(6,7)38(50)41-29-23-27(43(21-19-30(45)25-13-9-10-14-25)22-20-31(46)26-15-11-12-16-26)17-18-28(29)33-35(47)34(36(33)48)32-24(2)42-44(37(32)49)39(3,4)5/h17-18,23,25-26,47H,8-16,19-22H2,1-7H3,(H,41,50). The van der Waals surface area contributed by atoms with Gasteiger partial charge in [-0.05, 0) is 78.0 Å². The molecule has 0 bridgehead atoms. The molecule has 0 radical (unpaired) electrons. The molecule has 0 saturated heterocycles. The molecular formula is C40H54N4O6. The fourth-order valence-electron chi connectivity index (χ4n) is 7.40. The third kappa shape index (κ3) is 7.49. The second-order valence-electron chi connectivity index (χ2n) is 16.1. The number of carbonyl (C=O) groups excluding carboxylic acids is 5. The number of hydrazone groups is 1. The maximum absolute atomic E-state index is 13.8. The number of ketones is 3. The fraction of sp³-hybridized carbons (Fsp3) is 0.600. The van der Waals surface area contributed by atoms with E-state index in [-0.39, 0.29) is 51.8 Å². The van der Waals surface area contributed by atoms with Crippen molar-refractivity contribution in [1.82, 2.24) is 5.01 Å². The summed E-state index contributed by atoms with van der Waals surface area (Å²) in [6.07, 6.45) is 9.27. The molecule has 0 spiro atoms. The lowest BCUT2D eigenvalue weighted by atomic mass is 9.79. The average molecular weight is 687 g/mol. The maximum Gasteiger partial charge on any atom is 0.277 e. The van der Waals surface area contributed by atoms with Crippen molar-refractivity contribution in [3.63, 3.8) is 0 Å². The van der Waals surface area contributed by atoms with Crippen LogP contribution in [0.3, 0.4) is 0 Å².